The van der Waals surface area contributed by atoms with Crippen LogP contribution in [0, 0.1) is 20.8 Å². The van der Waals surface area contributed by atoms with E-state index in [4.69, 9.17) is 0 Å². The average molecular weight is 346 g/mol. The minimum Gasteiger partial charge on any atom is -0.298 e. The highest BCUT2D eigenvalue weighted by atomic mass is 32.2. The largest absolute Gasteiger partial charge is 0.298 e. The zero-order valence-electron chi connectivity index (χ0n) is 13.9. The van der Waals surface area contributed by atoms with Crippen molar-refractivity contribution in [2.24, 2.45) is 7.05 Å². The van der Waals surface area contributed by atoms with Crippen molar-refractivity contribution in [2.75, 3.05) is 4.72 Å². The van der Waals surface area contributed by atoms with E-state index < -0.39 is 10.0 Å². The maximum absolute atomic E-state index is 12.7. The average Bonchev–Trinajstić information content (AvgIpc) is 2.95. The second-order valence-corrected chi connectivity index (χ2v) is 7.51. The molecule has 0 unspecified atom stereocenters. The molecule has 0 bridgehead atoms. The predicted molar refractivity (Wildman–Crippen MR) is 91.9 cm³/mol. The molecule has 0 aliphatic rings. The van der Waals surface area contributed by atoms with E-state index in [-0.39, 0.29) is 16.0 Å². The predicted octanol–water partition coefficient (Wildman–Crippen LogP) is 1.76. The van der Waals surface area contributed by atoms with Gasteiger partial charge in [0.1, 0.15) is 16.2 Å². The first-order valence-corrected chi connectivity index (χ1v) is 8.83. The van der Waals surface area contributed by atoms with Crippen molar-refractivity contribution in [1.82, 2.24) is 14.2 Å². The lowest BCUT2D eigenvalue weighted by Gasteiger charge is -2.10. The maximum atomic E-state index is 12.7. The van der Waals surface area contributed by atoms with Crippen LogP contribution in [0.4, 0.5) is 5.69 Å². The fourth-order valence-corrected chi connectivity index (χ4v) is 3.68. The number of hydrogen-bond acceptors (Lipinski definition) is 4. The molecule has 7 nitrogen and oxygen atoms in total. The summed E-state index contributed by atoms with van der Waals surface area (Å²) in [4.78, 5) is 12.2. The molecule has 0 aliphatic heterocycles. The second-order valence-electron chi connectivity index (χ2n) is 5.83. The van der Waals surface area contributed by atoms with Gasteiger partial charge in [-0.05, 0) is 44.0 Å². The van der Waals surface area contributed by atoms with Gasteiger partial charge in [0, 0.05) is 13.2 Å². The Kier molecular flexibility index (Phi) is 3.71. The summed E-state index contributed by atoms with van der Waals surface area (Å²) < 4.78 is 30.6. The van der Waals surface area contributed by atoms with Crippen molar-refractivity contribution in [2.45, 2.75) is 25.7 Å². The Morgan fingerprint density at radius 1 is 1.12 bits per heavy atom. The SMILES string of the molecule is Cc1ccc(C)c(NS(=O)(=O)c2cc3c(=O)n(C)nc(C)n3c2)c1. The van der Waals surface area contributed by atoms with Crippen molar-refractivity contribution in [1.29, 1.82) is 0 Å². The van der Waals surface area contributed by atoms with Crippen molar-refractivity contribution >= 4 is 21.2 Å². The molecule has 0 radical (unpaired) electrons. The number of sulfonamides is 1. The van der Waals surface area contributed by atoms with Gasteiger partial charge in [0.2, 0.25) is 0 Å². The van der Waals surface area contributed by atoms with Crippen LogP contribution in [-0.2, 0) is 17.1 Å². The van der Waals surface area contributed by atoms with Crippen molar-refractivity contribution in [3.05, 3.63) is 57.8 Å². The summed E-state index contributed by atoms with van der Waals surface area (Å²) in [5.74, 6) is 0.528. The van der Waals surface area contributed by atoms with Gasteiger partial charge in [0.05, 0.1) is 5.69 Å². The molecule has 0 saturated heterocycles. The Bertz CT molecular complexity index is 1110. The molecule has 0 saturated carbocycles. The Labute approximate surface area is 139 Å². The van der Waals surface area contributed by atoms with Crippen LogP contribution in [0.5, 0.6) is 0 Å². The van der Waals surface area contributed by atoms with E-state index >= 15 is 0 Å². The monoisotopic (exact) mass is 346 g/mol. The molecule has 0 amide bonds. The second kappa shape index (κ2) is 5.48. The van der Waals surface area contributed by atoms with Gasteiger partial charge < -0.3 is 0 Å². The third kappa shape index (κ3) is 2.69. The quantitative estimate of drug-likeness (QED) is 0.783. The van der Waals surface area contributed by atoms with Crippen molar-refractivity contribution < 1.29 is 8.42 Å². The third-order valence-corrected chi connectivity index (χ3v) is 5.23. The molecule has 8 heteroatoms. The summed E-state index contributed by atoms with van der Waals surface area (Å²) in [7, 11) is -2.27. The summed E-state index contributed by atoms with van der Waals surface area (Å²) in [5, 5.41) is 4.06. The number of rotatable bonds is 3. The lowest BCUT2D eigenvalue weighted by atomic mass is 10.1. The van der Waals surface area contributed by atoms with Gasteiger partial charge in [-0.15, -0.1) is 0 Å². The lowest BCUT2D eigenvalue weighted by Crippen LogP contribution is -2.22. The minimum atomic E-state index is -3.81. The van der Waals surface area contributed by atoms with Crippen molar-refractivity contribution in [3.8, 4) is 0 Å². The molecule has 2 heterocycles. The van der Waals surface area contributed by atoms with Crippen LogP contribution in [0.1, 0.15) is 17.0 Å². The van der Waals surface area contributed by atoms with Gasteiger partial charge in [-0.1, -0.05) is 12.1 Å². The van der Waals surface area contributed by atoms with Gasteiger partial charge in [-0.2, -0.15) is 5.10 Å². The first-order chi connectivity index (χ1) is 11.2. The number of hydrogen-bond donors (Lipinski definition) is 1. The summed E-state index contributed by atoms with van der Waals surface area (Å²) in [6.07, 6.45) is 1.41. The zero-order chi connectivity index (χ0) is 17.6. The van der Waals surface area contributed by atoms with E-state index in [9.17, 15) is 13.2 Å². The zero-order valence-corrected chi connectivity index (χ0v) is 14.7. The van der Waals surface area contributed by atoms with E-state index in [1.54, 1.807) is 13.0 Å². The molecule has 0 fully saturated rings. The van der Waals surface area contributed by atoms with Gasteiger partial charge in [-0.3, -0.25) is 13.9 Å². The highest BCUT2D eigenvalue weighted by Crippen LogP contribution is 2.22. The van der Waals surface area contributed by atoms with Crippen molar-refractivity contribution in [3.63, 3.8) is 0 Å². The molecule has 24 heavy (non-hydrogen) atoms. The van der Waals surface area contributed by atoms with Gasteiger partial charge >= 0.3 is 0 Å². The molecule has 2 aromatic heterocycles. The molecule has 126 valence electrons. The van der Waals surface area contributed by atoms with Crippen LogP contribution in [-0.4, -0.2) is 22.6 Å². The Morgan fingerprint density at radius 2 is 1.83 bits per heavy atom. The van der Waals surface area contributed by atoms with Crippen LogP contribution in [0.3, 0.4) is 0 Å². The summed E-state index contributed by atoms with van der Waals surface area (Å²) >= 11 is 0. The Hall–Kier alpha value is -2.61. The number of benzene rings is 1. The maximum Gasteiger partial charge on any atom is 0.290 e. The molecule has 1 aromatic carbocycles. The third-order valence-electron chi connectivity index (χ3n) is 3.90. The number of aromatic nitrogens is 3. The topological polar surface area (TPSA) is 85.5 Å². The Balaban J connectivity index is 2.12. The van der Waals surface area contributed by atoms with Gasteiger partial charge in [0.25, 0.3) is 15.6 Å². The minimum absolute atomic E-state index is 0.0246. The van der Waals surface area contributed by atoms with Gasteiger partial charge in [-0.25, -0.2) is 13.1 Å². The highest BCUT2D eigenvalue weighted by molar-refractivity contribution is 7.92. The van der Waals surface area contributed by atoms with Crippen LogP contribution >= 0.6 is 0 Å². The van der Waals surface area contributed by atoms with E-state index in [0.717, 1.165) is 11.1 Å². The summed E-state index contributed by atoms with van der Waals surface area (Å²) in [6.45, 7) is 5.43. The van der Waals surface area contributed by atoms with Crippen LogP contribution < -0.4 is 10.3 Å². The molecule has 0 spiro atoms. The van der Waals surface area contributed by atoms with E-state index in [1.807, 2.05) is 26.0 Å². The highest BCUT2D eigenvalue weighted by Gasteiger charge is 2.20. The fourth-order valence-electron chi connectivity index (χ4n) is 2.54. The lowest BCUT2D eigenvalue weighted by molar-refractivity contribution is 0.601. The fraction of sp³-hybridized carbons (Fsp3) is 0.250. The number of fused-ring (bicyclic) bond motifs is 1. The first-order valence-electron chi connectivity index (χ1n) is 7.35. The van der Waals surface area contributed by atoms with E-state index in [0.29, 0.717) is 11.5 Å². The molecule has 3 aromatic rings. The standard InChI is InChI=1S/C16H18N4O3S/c1-10-5-6-11(2)14(7-10)18-24(22,23)13-8-15-16(21)19(4)17-12(3)20(15)9-13/h5-9,18H,1-4H3. The number of nitrogens with zero attached hydrogens (tertiary/aromatic N) is 3. The summed E-state index contributed by atoms with van der Waals surface area (Å²) in [5.41, 5.74) is 2.21. The van der Waals surface area contributed by atoms with Crippen LogP contribution in [0.2, 0.25) is 0 Å². The summed E-state index contributed by atoms with van der Waals surface area (Å²) in [6, 6.07) is 6.91. The molecule has 0 atom stereocenters. The first kappa shape index (κ1) is 16.3. The van der Waals surface area contributed by atoms with Crippen LogP contribution in [0.15, 0.2) is 40.2 Å². The van der Waals surface area contributed by atoms with E-state index in [2.05, 4.69) is 9.82 Å². The molecule has 3 rings (SSSR count). The Morgan fingerprint density at radius 3 is 2.54 bits per heavy atom. The van der Waals surface area contributed by atoms with E-state index in [1.165, 1.54) is 28.4 Å². The normalized spacial score (nSPS) is 11.8. The molecular formula is C16H18N4O3S. The molecule has 0 aliphatic carbocycles. The van der Waals surface area contributed by atoms with Gasteiger partial charge in [0.15, 0.2) is 0 Å². The van der Waals surface area contributed by atoms with Crippen LogP contribution in [0.25, 0.3) is 5.52 Å². The number of aryl methyl sites for hydroxylation is 4. The molecular weight excluding hydrogens is 328 g/mol. The number of nitrogens with one attached hydrogen (secondary N) is 1. The smallest absolute Gasteiger partial charge is 0.290 e. The number of anilines is 1. The molecule has 1 N–H and O–H groups in total.